The van der Waals surface area contributed by atoms with Crippen molar-refractivity contribution in [2.45, 2.75) is 53.8 Å². The van der Waals surface area contributed by atoms with Crippen LogP contribution >= 0.6 is 11.8 Å². The van der Waals surface area contributed by atoms with E-state index in [1.54, 1.807) is 30.9 Å². The van der Waals surface area contributed by atoms with Gasteiger partial charge in [0.1, 0.15) is 10.5 Å². The van der Waals surface area contributed by atoms with Gasteiger partial charge in [-0.1, -0.05) is 37.1 Å². The summed E-state index contributed by atoms with van der Waals surface area (Å²) in [5.74, 6) is 0.683. The molecule has 8 heteroatoms. The van der Waals surface area contributed by atoms with E-state index in [-0.39, 0.29) is 10.9 Å². The smallest absolute Gasteiger partial charge is 0.244 e. The third-order valence-electron chi connectivity index (χ3n) is 5.26. The van der Waals surface area contributed by atoms with Crippen LogP contribution in [-0.2, 0) is 15.8 Å². The van der Waals surface area contributed by atoms with Gasteiger partial charge >= 0.3 is 0 Å². The Balaban J connectivity index is 1.42. The Kier molecular flexibility index (Phi) is 5.70. The van der Waals surface area contributed by atoms with E-state index in [1.165, 1.54) is 16.9 Å². The third-order valence-corrected chi connectivity index (χ3v) is 8.13. The summed E-state index contributed by atoms with van der Waals surface area (Å²) in [6.07, 6.45) is 10.7. The fourth-order valence-corrected chi connectivity index (χ4v) is 5.70. The molecule has 1 aliphatic rings. The quantitative estimate of drug-likeness (QED) is 0.569. The number of hydrogen-bond acceptors (Lipinski definition) is 5. The van der Waals surface area contributed by atoms with Crippen LogP contribution in [0.15, 0.2) is 58.8 Å². The molecule has 6 nitrogen and oxygen atoms in total. The van der Waals surface area contributed by atoms with Gasteiger partial charge in [-0.2, -0.15) is 4.31 Å². The summed E-state index contributed by atoms with van der Waals surface area (Å²) in [7, 11) is -1.80. The fraction of sp³-hybridized carbons (Fsp3) is 0.400. The SMILES string of the molecule is CN(C1CCCCC1)S(=O)(=O)c1ccc(SCc2cn3ccccc3n2)nc1. The lowest BCUT2D eigenvalue weighted by molar-refractivity contribution is 0.285. The Morgan fingerprint density at radius 2 is 2.00 bits per heavy atom. The number of pyridine rings is 2. The number of aromatic nitrogens is 3. The Hall–Kier alpha value is -1.90. The molecule has 1 fully saturated rings. The largest absolute Gasteiger partial charge is 0.307 e. The molecule has 0 amide bonds. The van der Waals surface area contributed by atoms with Crippen molar-refractivity contribution in [3.63, 3.8) is 0 Å². The van der Waals surface area contributed by atoms with Crippen LogP contribution in [0.3, 0.4) is 0 Å². The molecule has 0 bridgehead atoms. The molecule has 148 valence electrons. The lowest BCUT2D eigenvalue weighted by Crippen LogP contribution is -2.38. The summed E-state index contributed by atoms with van der Waals surface area (Å²) < 4.78 is 29.3. The van der Waals surface area contributed by atoms with Gasteiger partial charge in [0.2, 0.25) is 10.0 Å². The zero-order chi connectivity index (χ0) is 19.6. The third kappa shape index (κ3) is 4.09. The van der Waals surface area contributed by atoms with E-state index in [4.69, 9.17) is 0 Å². The van der Waals surface area contributed by atoms with E-state index >= 15 is 0 Å². The number of rotatable bonds is 6. The minimum atomic E-state index is -3.49. The van der Waals surface area contributed by atoms with Crippen molar-refractivity contribution >= 4 is 27.4 Å². The number of thioether (sulfide) groups is 1. The number of imidazole rings is 1. The predicted octanol–water partition coefficient (Wildman–Crippen LogP) is 3.97. The van der Waals surface area contributed by atoms with Crippen LogP contribution in [-0.4, -0.2) is 40.2 Å². The highest BCUT2D eigenvalue weighted by molar-refractivity contribution is 7.98. The van der Waals surface area contributed by atoms with Crippen LogP contribution in [0, 0.1) is 0 Å². The van der Waals surface area contributed by atoms with Gasteiger partial charge in [-0.05, 0) is 37.1 Å². The average molecular weight is 417 g/mol. The summed E-state index contributed by atoms with van der Waals surface area (Å²) in [5, 5.41) is 0.788. The number of fused-ring (bicyclic) bond motifs is 1. The molecule has 1 saturated carbocycles. The Labute approximate surface area is 170 Å². The van der Waals surface area contributed by atoms with Gasteiger partial charge in [-0.25, -0.2) is 18.4 Å². The van der Waals surface area contributed by atoms with Crippen LogP contribution in [0.5, 0.6) is 0 Å². The van der Waals surface area contributed by atoms with E-state index in [9.17, 15) is 8.42 Å². The minimum absolute atomic E-state index is 0.0999. The van der Waals surface area contributed by atoms with Crippen molar-refractivity contribution in [2.24, 2.45) is 0 Å². The predicted molar refractivity (Wildman–Crippen MR) is 111 cm³/mol. The van der Waals surface area contributed by atoms with Crippen LogP contribution in [0.25, 0.3) is 5.65 Å². The Bertz CT molecular complexity index is 1010. The highest BCUT2D eigenvalue weighted by atomic mass is 32.2. The van der Waals surface area contributed by atoms with Gasteiger partial charge in [0, 0.05) is 37.4 Å². The monoisotopic (exact) mass is 416 g/mol. The van der Waals surface area contributed by atoms with Gasteiger partial charge < -0.3 is 4.40 Å². The molecule has 0 aromatic carbocycles. The maximum Gasteiger partial charge on any atom is 0.244 e. The van der Waals surface area contributed by atoms with Crippen molar-refractivity contribution in [2.75, 3.05) is 7.05 Å². The Morgan fingerprint density at radius 3 is 2.71 bits per heavy atom. The Morgan fingerprint density at radius 1 is 1.18 bits per heavy atom. The standard InChI is InChI=1S/C20H24N4O2S2/c1-23(17-7-3-2-4-8-17)28(25,26)18-10-11-20(21-13-18)27-15-16-14-24-12-6-5-9-19(24)22-16/h5-6,9-14,17H,2-4,7-8,15H2,1H3. The van der Waals surface area contributed by atoms with Crippen LogP contribution < -0.4 is 0 Å². The first-order chi connectivity index (χ1) is 13.5. The van der Waals surface area contributed by atoms with Gasteiger partial charge in [-0.3, -0.25) is 0 Å². The van der Waals surface area contributed by atoms with Gasteiger partial charge in [-0.15, -0.1) is 0 Å². The minimum Gasteiger partial charge on any atom is -0.307 e. The molecule has 0 atom stereocenters. The molecule has 3 aromatic rings. The van der Waals surface area contributed by atoms with E-state index in [0.717, 1.165) is 42.1 Å². The lowest BCUT2D eigenvalue weighted by Gasteiger charge is -2.30. The fourth-order valence-electron chi connectivity index (χ4n) is 3.62. The summed E-state index contributed by atoms with van der Waals surface area (Å²) in [6.45, 7) is 0. The van der Waals surface area contributed by atoms with Crippen molar-refractivity contribution < 1.29 is 8.42 Å². The van der Waals surface area contributed by atoms with Gasteiger partial charge in [0.15, 0.2) is 0 Å². The molecule has 1 aliphatic carbocycles. The topological polar surface area (TPSA) is 67.6 Å². The zero-order valence-corrected chi connectivity index (χ0v) is 17.5. The molecule has 0 saturated heterocycles. The second kappa shape index (κ2) is 8.23. The first-order valence-corrected chi connectivity index (χ1v) is 12.0. The average Bonchev–Trinajstić information content (AvgIpc) is 3.15. The molecule has 4 rings (SSSR count). The zero-order valence-electron chi connectivity index (χ0n) is 15.9. The first-order valence-electron chi connectivity index (χ1n) is 9.53. The van der Waals surface area contributed by atoms with E-state index < -0.39 is 10.0 Å². The van der Waals surface area contributed by atoms with Crippen molar-refractivity contribution in [1.29, 1.82) is 0 Å². The molecular formula is C20H24N4O2S2. The van der Waals surface area contributed by atoms with Crippen LogP contribution in [0.2, 0.25) is 0 Å². The molecule has 0 spiro atoms. The maximum atomic E-state index is 12.9. The summed E-state index contributed by atoms with van der Waals surface area (Å²) in [4.78, 5) is 9.20. The molecule has 0 aliphatic heterocycles. The van der Waals surface area contributed by atoms with Gasteiger partial charge in [0.25, 0.3) is 0 Å². The van der Waals surface area contributed by atoms with Gasteiger partial charge in [0.05, 0.1) is 10.7 Å². The summed E-state index contributed by atoms with van der Waals surface area (Å²) in [5.41, 5.74) is 1.88. The first kappa shape index (κ1) is 19.4. The lowest BCUT2D eigenvalue weighted by atomic mass is 9.96. The maximum absolute atomic E-state index is 12.9. The van der Waals surface area contributed by atoms with E-state index in [0.29, 0.717) is 5.75 Å². The van der Waals surface area contributed by atoms with E-state index in [2.05, 4.69) is 9.97 Å². The highest BCUT2D eigenvalue weighted by Crippen LogP contribution is 2.27. The van der Waals surface area contributed by atoms with Crippen LogP contribution in [0.4, 0.5) is 0 Å². The molecule has 28 heavy (non-hydrogen) atoms. The van der Waals surface area contributed by atoms with E-state index in [1.807, 2.05) is 35.0 Å². The molecule has 0 N–H and O–H groups in total. The molecule has 0 unspecified atom stereocenters. The molecule has 0 radical (unpaired) electrons. The van der Waals surface area contributed by atoms with Crippen molar-refractivity contribution in [1.82, 2.24) is 18.7 Å². The molecule has 3 heterocycles. The number of hydrogen-bond donors (Lipinski definition) is 0. The second-order valence-corrected chi connectivity index (χ2v) is 10.1. The van der Waals surface area contributed by atoms with Crippen LogP contribution in [0.1, 0.15) is 37.8 Å². The normalized spacial score (nSPS) is 16.1. The number of sulfonamides is 1. The second-order valence-electron chi connectivity index (χ2n) is 7.13. The van der Waals surface area contributed by atoms with Crippen molar-refractivity contribution in [3.05, 3.63) is 54.6 Å². The number of nitrogens with zero attached hydrogens (tertiary/aromatic N) is 4. The highest BCUT2D eigenvalue weighted by Gasteiger charge is 2.29. The van der Waals surface area contributed by atoms with Crippen molar-refractivity contribution in [3.8, 4) is 0 Å². The molecular weight excluding hydrogens is 392 g/mol. The summed E-state index contributed by atoms with van der Waals surface area (Å²) >= 11 is 1.55. The molecule has 3 aromatic heterocycles. The summed E-state index contributed by atoms with van der Waals surface area (Å²) in [6, 6.07) is 9.44.